The molecule has 0 spiro atoms. The molecule has 0 bridgehead atoms. The van der Waals surface area contributed by atoms with Crippen molar-refractivity contribution in [1.82, 2.24) is 15.6 Å². The van der Waals surface area contributed by atoms with E-state index in [-0.39, 0.29) is 12.1 Å². The summed E-state index contributed by atoms with van der Waals surface area (Å²) in [7, 11) is 0. The van der Waals surface area contributed by atoms with Gasteiger partial charge in [0.25, 0.3) is 0 Å². The summed E-state index contributed by atoms with van der Waals surface area (Å²) in [5.41, 5.74) is 3.11. The number of aliphatic hydroxyl groups is 1. The molecule has 5 nitrogen and oxygen atoms in total. The maximum absolute atomic E-state index is 12.1. The van der Waals surface area contributed by atoms with Crippen molar-refractivity contribution >= 4 is 17.4 Å². The van der Waals surface area contributed by atoms with Gasteiger partial charge in [0.05, 0.1) is 22.8 Å². The molecule has 0 unspecified atom stereocenters. The third kappa shape index (κ3) is 3.76. The number of thiazole rings is 1. The van der Waals surface area contributed by atoms with Crippen LogP contribution in [0.15, 0.2) is 29.6 Å². The van der Waals surface area contributed by atoms with Gasteiger partial charge in [0.2, 0.25) is 0 Å². The highest BCUT2D eigenvalue weighted by Crippen LogP contribution is 2.31. The lowest BCUT2D eigenvalue weighted by Gasteiger charge is -2.18. The maximum Gasteiger partial charge on any atom is 0.315 e. The predicted molar refractivity (Wildman–Crippen MR) is 95.3 cm³/mol. The van der Waals surface area contributed by atoms with Crippen LogP contribution in [-0.4, -0.2) is 28.8 Å². The van der Waals surface area contributed by atoms with E-state index in [2.05, 4.69) is 29.5 Å². The van der Waals surface area contributed by atoms with Gasteiger partial charge in [-0.05, 0) is 11.1 Å². The summed E-state index contributed by atoms with van der Waals surface area (Å²) in [5, 5.41) is 19.1. The summed E-state index contributed by atoms with van der Waals surface area (Å²) >= 11 is 1.66. The second kappa shape index (κ2) is 7.32. The van der Waals surface area contributed by atoms with Crippen molar-refractivity contribution < 1.29 is 9.90 Å². The van der Waals surface area contributed by atoms with Crippen LogP contribution < -0.4 is 10.6 Å². The molecule has 1 aliphatic rings. The van der Waals surface area contributed by atoms with Crippen molar-refractivity contribution in [3.8, 4) is 0 Å². The fourth-order valence-electron chi connectivity index (χ4n) is 2.95. The van der Waals surface area contributed by atoms with Crippen LogP contribution in [0.3, 0.4) is 0 Å². The van der Waals surface area contributed by atoms with Crippen molar-refractivity contribution in [2.45, 2.75) is 44.8 Å². The lowest BCUT2D eigenvalue weighted by Crippen LogP contribution is -2.41. The first-order valence-electron chi connectivity index (χ1n) is 8.29. The van der Waals surface area contributed by atoms with Crippen molar-refractivity contribution in [3.05, 3.63) is 51.5 Å². The minimum Gasteiger partial charge on any atom is -0.390 e. The number of aromatic nitrogens is 1. The Hall–Kier alpha value is -1.92. The minimum absolute atomic E-state index is 0.255. The van der Waals surface area contributed by atoms with Crippen molar-refractivity contribution in [1.29, 1.82) is 0 Å². The second-order valence-electron chi connectivity index (χ2n) is 6.43. The zero-order chi connectivity index (χ0) is 17.1. The van der Waals surface area contributed by atoms with E-state index >= 15 is 0 Å². The van der Waals surface area contributed by atoms with Crippen LogP contribution >= 0.6 is 11.3 Å². The maximum atomic E-state index is 12.1. The van der Waals surface area contributed by atoms with Crippen LogP contribution in [-0.2, 0) is 12.8 Å². The van der Waals surface area contributed by atoms with E-state index in [1.807, 2.05) is 29.6 Å². The molecule has 1 aliphatic carbocycles. The average molecular weight is 345 g/mol. The molecule has 3 rings (SSSR count). The van der Waals surface area contributed by atoms with E-state index in [1.54, 1.807) is 11.3 Å². The Kier molecular flexibility index (Phi) is 5.16. The fraction of sp³-hybridized carbons (Fsp3) is 0.444. The van der Waals surface area contributed by atoms with Gasteiger partial charge in [-0.2, -0.15) is 0 Å². The highest BCUT2D eigenvalue weighted by atomic mass is 32.1. The van der Waals surface area contributed by atoms with E-state index in [9.17, 15) is 9.90 Å². The van der Waals surface area contributed by atoms with Gasteiger partial charge in [0, 0.05) is 30.7 Å². The molecule has 1 aromatic carbocycles. The topological polar surface area (TPSA) is 74.2 Å². The zero-order valence-corrected chi connectivity index (χ0v) is 14.8. The van der Waals surface area contributed by atoms with Crippen LogP contribution in [0.25, 0.3) is 0 Å². The van der Waals surface area contributed by atoms with Crippen LogP contribution in [0, 0.1) is 0 Å². The molecule has 0 fully saturated rings. The molecule has 0 aliphatic heterocycles. The van der Waals surface area contributed by atoms with Gasteiger partial charge < -0.3 is 15.7 Å². The smallest absolute Gasteiger partial charge is 0.315 e. The molecule has 3 N–H and O–H groups in total. The molecule has 1 aromatic heterocycles. The summed E-state index contributed by atoms with van der Waals surface area (Å²) < 4.78 is 0. The number of aliphatic hydroxyl groups excluding tert-OH is 1. The summed E-state index contributed by atoms with van der Waals surface area (Å²) in [6, 6.07) is 7.24. The quantitative estimate of drug-likeness (QED) is 0.780. The summed E-state index contributed by atoms with van der Waals surface area (Å²) in [4.78, 5) is 16.7. The lowest BCUT2D eigenvalue weighted by atomic mass is 10.1. The number of urea groups is 1. The number of hydrogen-bond donors (Lipinski definition) is 3. The Morgan fingerprint density at radius 1 is 1.42 bits per heavy atom. The van der Waals surface area contributed by atoms with Gasteiger partial charge >= 0.3 is 6.03 Å². The third-order valence-corrected chi connectivity index (χ3v) is 5.41. The van der Waals surface area contributed by atoms with Crippen LogP contribution in [0.1, 0.15) is 47.6 Å². The number of amides is 2. The Morgan fingerprint density at radius 2 is 2.21 bits per heavy atom. The van der Waals surface area contributed by atoms with Crippen LogP contribution in [0.4, 0.5) is 4.79 Å². The number of fused-ring (bicyclic) bond motifs is 1. The van der Waals surface area contributed by atoms with Gasteiger partial charge in [-0.25, -0.2) is 9.78 Å². The number of hydrogen-bond acceptors (Lipinski definition) is 4. The summed E-state index contributed by atoms with van der Waals surface area (Å²) in [6.07, 6.45) is 0.721. The van der Waals surface area contributed by atoms with Crippen LogP contribution in [0.5, 0.6) is 0 Å². The first-order valence-corrected chi connectivity index (χ1v) is 9.17. The predicted octanol–water partition coefficient (Wildman–Crippen LogP) is 2.77. The number of carbonyl (C=O) groups is 1. The number of nitrogens with one attached hydrogen (secondary N) is 2. The second-order valence-corrected chi connectivity index (χ2v) is 7.32. The molecule has 0 saturated carbocycles. The minimum atomic E-state index is -0.569. The monoisotopic (exact) mass is 345 g/mol. The normalized spacial score (nSPS) is 19.3. The first kappa shape index (κ1) is 16.9. The van der Waals surface area contributed by atoms with Gasteiger partial charge in [-0.1, -0.05) is 38.1 Å². The number of benzene rings is 1. The van der Waals surface area contributed by atoms with Crippen molar-refractivity contribution in [2.24, 2.45) is 0 Å². The van der Waals surface area contributed by atoms with E-state index < -0.39 is 6.10 Å². The van der Waals surface area contributed by atoms with Gasteiger partial charge in [-0.3, -0.25) is 0 Å². The highest BCUT2D eigenvalue weighted by molar-refractivity contribution is 7.09. The standard InChI is InChI=1S/C18H23N3O2S/c1-11(2)17-20-13(10-24-17)7-8-19-18(23)21-16-14-6-4-3-5-12(14)9-15(16)22/h3-6,10-11,15-16,22H,7-9H2,1-2H3,(H2,19,21,23)/t15-,16+/m0/s1. The molecular formula is C18H23N3O2S. The van der Waals surface area contributed by atoms with Gasteiger partial charge in [-0.15, -0.1) is 11.3 Å². The van der Waals surface area contributed by atoms with Crippen molar-refractivity contribution in [2.75, 3.05) is 6.54 Å². The summed E-state index contributed by atoms with van der Waals surface area (Å²) in [5.74, 6) is 0.434. The molecule has 1 heterocycles. The van der Waals surface area contributed by atoms with Gasteiger partial charge in [0.1, 0.15) is 0 Å². The fourth-order valence-corrected chi connectivity index (χ4v) is 3.82. The van der Waals surface area contributed by atoms with E-state index in [1.165, 1.54) is 0 Å². The average Bonchev–Trinajstić information content (AvgIpc) is 3.13. The molecular weight excluding hydrogens is 322 g/mol. The Morgan fingerprint density at radius 3 is 2.96 bits per heavy atom. The number of rotatable bonds is 5. The molecule has 2 amide bonds. The van der Waals surface area contributed by atoms with E-state index in [0.29, 0.717) is 25.3 Å². The third-order valence-electron chi connectivity index (χ3n) is 4.22. The lowest BCUT2D eigenvalue weighted by molar-refractivity contribution is 0.142. The van der Waals surface area contributed by atoms with Gasteiger partial charge in [0.15, 0.2) is 0 Å². The zero-order valence-electron chi connectivity index (χ0n) is 14.0. The van der Waals surface area contributed by atoms with Crippen LogP contribution in [0.2, 0.25) is 0 Å². The van der Waals surface area contributed by atoms with Crippen molar-refractivity contribution in [3.63, 3.8) is 0 Å². The molecule has 2 aromatic rings. The van der Waals surface area contributed by atoms with E-state index in [4.69, 9.17) is 0 Å². The van der Waals surface area contributed by atoms with E-state index in [0.717, 1.165) is 21.8 Å². The molecule has 0 saturated heterocycles. The largest absolute Gasteiger partial charge is 0.390 e. The molecule has 128 valence electrons. The molecule has 2 atom stereocenters. The Labute approximate surface area is 146 Å². The molecule has 0 radical (unpaired) electrons. The summed E-state index contributed by atoms with van der Waals surface area (Å²) in [6.45, 7) is 4.77. The number of nitrogens with zero attached hydrogens (tertiary/aromatic N) is 1. The molecule has 6 heteroatoms. The number of carbonyl (C=O) groups excluding carboxylic acids is 1. The first-order chi connectivity index (χ1) is 11.5. The Bertz CT molecular complexity index is 714. The molecule has 24 heavy (non-hydrogen) atoms. The Balaban J connectivity index is 1.49. The highest BCUT2D eigenvalue weighted by Gasteiger charge is 2.31. The SMILES string of the molecule is CC(C)c1nc(CCNC(=O)N[C@@H]2c3ccccc3C[C@@H]2O)cs1.